The molecule has 1 fully saturated rings. The molecule has 1 aliphatic heterocycles. The summed E-state index contributed by atoms with van der Waals surface area (Å²) in [7, 11) is 0. The highest BCUT2D eigenvalue weighted by molar-refractivity contribution is 5.92. The zero-order valence-corrected chi connectivity index (χ0v) is 16.0. The second-order valence-corrected chi connectivity index (χ2v) is 7.06. The molecule has 0 spiro atoms. The van der Waals surface area contributed by atoms with Gasteiger partial charge >= 0.3 is 0 Å². The molecule has 0 aliphatic carbocycles. The Bertz CT molecular complexity index is 812. The van der Waals surface area contributed by atoms with Crippen molar-refractivity contribution in [1.82, 2.24) is 20.0 Å². The molecule has 2 heterocycles. The predicted octanol–water partition coefficient (Wildman–Crippen LogP) is 2.57. The number of carbonyl (C=O) groups is 2. The van der Waals surface area contributed by atoms with Crippen LogP contribution < -0.4 is 5.32 Å². The Kier molecular flexibility index (Phi) is 5.69. The maximum atomic E-state index is 12.6. The van der Waals surface area contributed by atoms with E-state index in [0.29, 0.717) is 43.6 Å². The Balaban J connectivity index is 1.71. The van der Waals surface area contributed by atoms with E-state index < -0.39 is 0 Å². The van der Waals surface area contributed by atoms with Gasteiger partial charge in [0.25, 0.3) is 5.91 Å². The lowest BCUT2D eigenvalue weighted by Gasteiger charge is -2.32. The van der Waals surface area contributed by atoms with Gasteiger partial charge in [0, 0.05) is 31.9 Å². The number of anilines is 2. The Morgan fingerprint density at radius 3 is 2.44 bits per heavy atom. The number of aryl methyl sites for hydroxylation is 1. The van der Waals surface area contributed by atoms with Crippen LogP contribution >= 0.6 is 0 Å². The van der Waals surface area contributed by atoms with Gasteiger partial charge in [-0.1, -0.05) is 32.0 Å². The number of nitrogens with one attached hydrogen (secondary N) is 1. The van der Waals surface area contributed by atoms with Crippen molar-refractivity contribution in [2.24, 2.45) is 0 Å². The summed E-state index contributed by atoms with van der Waals surface area (Å²) < 4.78 is 0. The number of amides is 2. The Morgan fingerprint density at radius 2 is 1.85 bits per heavy atom. The van der Waals surface area contributed by atoms with E-state index in [1.807, 2.05) is 6.07 Å². The number of nitrogens with zero attached hydrogens (tertiary/aromatic N) is 4. The van der Waals surface area contributed by atoms with E-state index in [-0.39, 0.29) is 5.91 Å². The largest absolute Gasteiger partial charge is 0.342 e. The van der Waals surface area contributed by atoms with Gasteiger partial charge in [-0.25, -0.2) is 0 Å². The predicted molar refractivity (Wildman–Crippen MR) is 104 cm³/mol. The van der Waals surface area contributed by atoms with Crippen molar-refractivity contribution < 1.29 is 9.59 Å². The molecule has 1 aromatic carbocycles. The SMILES string of the molecule is Cc1cccc(C(C)C)c1Nc1ccc(C(=O)N2CCN(C=O)CC2)nn1. The van der Waals surface area contributed by atoms with E-state index in [2.05, 4.69) is 48.4 Å². The molecule has 1 aromatic heterocycles. The smallest absolute Gasteiger partial charge is 0.274 e. The van der Waals surface area contributed by atoms with Crippen LogP contribution in [0.3, 0.4) is 0 Å². The first kappa shape index (κ1) is 18.8. The number of aromatic nitrogens is 2. The number of piperazine rings is 1. The Hall–Kier alpha value is -2.96. The van der Waals surface area contributed by atoms with Crippen LogP contribution in [0.5, 0.6) is 0 Å². The van der Waals surface area contributed by atoms with Crippen molar-refractivity contribution in [3.63, 3.8) is 0 Å². The average Bonchev–Trinajstić information content (AvgIpc) is 2.69. The monoisotopic (exact) mass is 367 g/mol. The molecule has 1 N–H and O–H groups in total. The Morgan fingerprint density at radius 1 is 1.11 bits per heavy atom. The van der Waals surface area contributed by atoms with Crippen LogP contribution in [-0.4, -0.2) is 58.5 Å². The molecule has 0 bridgehead atoms. The van der Waals surface area contributed by atoms with Crippen LogP contribution in [0.15, 0.2) is 30.3 Å². The quantitative estimate of drug-likeness (QED) is 0.822. The van der Waals surface area contributed by atoms with E-state index in [0.717, 1.165) is 17.7 Å². The second kappa shape index (κ2) is 8.16. The molecule has 3 rings (SSSR count). The minimum Gasteiger partial charge on any atom is -0.342 e. The minimum atomic E-state index is -0.154. The normalized spacial score (nSPS) is 14.4. The molecule has 0 atom stereocenters. The summed E-state index contributed by atoms with van der Waals surface area (Å²) in [6.07, 6.45) is 0.819. The number of benzene rings is 1. The zero-order valence-electron chi connectivity index (χ0n) is 16.0. The summed E-state index contributed by atoms with van der Waals surface area (Å²) in [5, 5.41) is 11.6. The highest BCUT2D eigenvalue weighted by Gasteiger charge is 2.22. The van der Waals surface area contributed by atoms with Gasteiger partial charge in [0.15, 0.2) is 11.5 Å². The number of hydrogen-bond acceptors (Lipinski definition) is 5. The first-order chi connectivity index (χ1) is 13.0. The molecule has 142 valence electrons. The Labute approximate surface area is 159 Å². The van der Waals surface area contributed by atoms with Crippen molar-refractivity contribution in [2.75, 3.05) is 31.5 Å². The van der Waals surface area contributed by atoms with Crippen LogP contribution in [0.4, 0.5) is 11.5 Å². The molecular formula is C20H25N5O2. The molecular weight excluding hydrogens is 342 g/mol. The lowest BCUT2D eigenvalue weighted by atomic mass is 9.98. The maximum absolute atomic E-state index is 12.6. The highest BCUT2D eigenvalue weighted by atomic mass is 16.2. The van der Waals surface area contributed by atoms with Crippen molar-refractivity contribution in [1.29, 1.82) is 0 Å². The summed E-state index contributed by atoms with van der Waals surface area (Å²) in [6, 6.07) is 9.67. The lowest BCUT2D eigenvalue weighted by Crippen LogP contribution is -2.48. The van der Waals surface area contributed by atoms with E-state index in [1.54, 1.807) is 21.9 Å². The van der Waals surface area contributed by atoms with Crippen molar-refractivity contribution in [3.05, 3.63) is 47.2 Å². The third-order valence-electron chi connectivity index (χ3n) is 4.81. The van der Waals surface area contributed by atoms with Gasteiger partial charge in [-0.05, 0) is 36.1 Å². The molecule has 1 aliphatic rings. The number of rotatable bonds is 5. The third kappa shape index (κ3) is 4.24. The van der Waals surface area contributed by atoms with Gasteiger partial charge in [0.05, 0.1) is 0 Å². The summed E-state index contributed by atoms with van der Waals surface area (Å²) in [5.41, 5.74) is 3.70. The highest BCUT2D eigenvalue weighted by Crippen LogP contribution is 2.29. The molecule has 2 aromatic rings. The van der Waals surface area contributed by atoms with E-state index in [4.69, 9.17) is 0 Å². The molecule has 2 amide bonds. The first-order valence-electron chi connectivity index (χ1n) is 9.18. The summed E-state index contributed by atoms with van der Waals surface area (Å²) in [6.45, 7) is 8.48. The fourth-order valence-electron chi connectivity index (χ4n) is 3.18. The molecule has 27 heavy (non-hydrogen) atoms. The van der Waals surface area contributed by atoms with Gasteiger partial charge in [-0.3, -0.25) is 9.59 Å². The maximum Gasteiger partial charge on any atom is 0.274 e. The van der Waals surface area contributed by atoms with Crippen LogP contribution in [0, 0.1) is 6.92 Å². The standard InChI is InChI=1S/C20H25N5O2/c1-14(2)16-6-4-5-15(3)19(16)21-18-8-7-17(22-23-18)20(27)25-11-9-24(13-26)10-12-25/h4-8,13-14H,9-12H2,1-3H3,(H,21,23). The molecule has 7 nitrogen and oxygen atoms in total. The fourth-order valence-corrected chi connectivity index (χ4v) is 3.18. The average molecular weight is 367 g/mol. The van der Waals surface area contributed by atoms with Gasteiger partial charge in [-0.2, -0.15) is 0 Å². The van der Waals surface area contributed by atoms with Crippen LogP contribution in [0.25, 0.3) is 0 Å². The molecule has 0 saturated carbocycles. The number of carbonyl (C=O) groups excluding carboxylic acids is 2. The van der Waals surface area contributed by atoms with E-state index in [1.165, 1.54) is 5.56 Å². The second-order valence-electron chi connectivity index (χ2n) is 7.06. The van der Waals surface area contributed by atoms with Gasteiger partial charge in [0.1, 0.15) is 0 Å². The first-order valence-corrected chi connectivity index (χ1v) is 9.18. The van der Waals surface area contributed by atoms with Crippen molar-refractivity contribution >= 4 is 23.8 Å². The van der Waals surface area contributed by atoms with Crippen molar-refractivity contribution in [3.8, 4) is 0 Å². The van der Waals surface area contributed by atoms with Crippen LogP contribution in [-0.2, 0) is 4.79 Å². The van der Waals surface area contributed by atoms with Crippen molar-refractivity contribution in [2.45, 2.75) is 26.7 Å². The topological polar surface area (TPSA) is 78.4 Å². The van der Waals surface area contributed by atoms with Crippen LogP contribution in [0.2, 0.25) is 0 Å². The van der Waals surface area contributed by atoms with Gasteiger partial charge in [-0.15, -0.1) is 10.2 Å². The molecule has 7 heteroatoms. The molecule has 0 radical (unpaired) electrons. The third-order valence-corrected chi connectivity index (χ3v) is 4.81. The molecule has 0 unspecified atom stereocenters. The van der Waals surface area contributed by atoms with Crippen LogP contribution in [0.1, 0.15) is 41.4 Å². The summed E-state index contributed by atoms with van der Waals surface area (Å²) >= 11 is 0. The molecule has 1 saturated heterocycles. The summed E-state index contributed by atoms with van der Waals surface area (Å²) in [5.74, 6) is 0.832. The van der Waals surface area contributed by atoms with Gasteiger partial charge in [0.2, 0.25) is 6.41 Å². The fraction of sp³-hybridized carbons (Fsp3) is 0.400. The minimum absolute atomic E-state index is 0.154. The zero-order chi connectivity index (χ0) is 19.4. The van der Waals surface area contributed by atoms with E-state index in [9.17, 15) is 9.59 Å². The lowest BCUT2D eigenvalue weighted by molar-refractivity contribution is -0.119. The summed E-state index contributed by atoms with van der Waals surface area (Å²) in [4.78, 5) is 26.7. The van der Waals surface area contributed by atoms with E-state index >= 15 is 0 Å². The van der Waals surface area contributed by atoms with Gasteiger partial charge < -0.3 is 15.1 Å². The number of para-hydroxylation sites is 1. The number of hydrogen-bond donors (Lipinski definition) is 1.